The second-order valence-corrected chi connectivity index (χ2v) is 7.37. The third-order valence-electron chi connectivity index (χ3n) is 4.87. The van der Waals surface area contributed by atoms with Crippen LogP contribution in [0, 0.1) is 18.6 Å². The Morgan fingerprint density at radius 3 is 2.57 bits per heavy atom. The van der Waals surface area contributed by atoms with Crippen LogP contribution in [-0.4, -0.2) is 28.2 Å². The fraction of sp³-hybridized carbons (Fsp3) is 0.174. The van der Waals surface area contributed by atoms with Crippen molar-refractivity contribution in [1.29, 1.82) is 0 Å². The molecule has 0 bridgehead atoms. The molecule has 7 heteroatoms. The Morgan fingerprint density at radius 2 is 1.80 bits per heavy atom. The number of H-pyrrole nitrogens is 1. The number of nitrogens with zero attached hydrogens (tertiary/aromatic N) is 3. The van der Waals surface area contributed by atoms with Crippen molar-refractivity contribution < 1.29 is 9.47 Å². The van der Waals surface area contributed by atoms with Gasteiger partial charge in [-0.2, -0.15) is 14.9 Å². The molecule has 3 aromatic carbocycles. The van der Waals surface area contributed by atoms with Crippen molar-refractivity contribution in [2.24, 2.45) is 5.10 Å². The molecule has 0 saturated carbocycles. The molecule has 0 aliphatic heterocycles. The van der Waals surface area contributed by atoms with Gasteiger partial charge in [-0.05, 0) is 71.7 Å². The highest BCUT2D eigenvalue weighted by molar-refractivity contribution is 7.71. The zero-order valence-corrected chi connectivity index (χ0v) is 17.9. The summed E-state index contributed by atoms with van der Waals surface area (Å²) in [5.74, 6) is 2.29. The molecule has 0 radical (unpaired) electrons. The lowest BCUT2D eigenvalue weighted by Crippen LogP contribution is -2.05. The molecule has 0 aliphatic rings. The van der Waals surface area contributed by atoms with Crippen molar-refractivity contribution in [3.8, 4) is 11.5 Å². The van der Waals surface area contributed by atoms with E-state index < -0.39 is 0 Å². The quantitative estimate of drug-likeness (QED) is 0.346. The number of benzene rings is 3. The second kappa shape index (κ2) is 8.51. The lowest BCUT2D eigenvalue weighted by molar-refractivity contribution is 0.287. The van der Waals surface area contributed by atoms with Gasteiger partial charge in [0.25, 0.3) is 0 Å². The van der Waals surface area contributed by atoms with Crippen LogP contribution in [-0.2, 0) is 6.61 Å². The topological polar surface area (TPSA) is 64.4 Å². The van der Waals surface area contributed by atoms with Gasteiger partial charge in [0, 0.05) is 0 Å². The van der Waals surface area contributed by atoms with Crippen LogP contribution < -0.4 is 9.47 Å². The molecule has 0 spiro atoms. The molecule has 1 N–H and O–H groups in total. The molecular weight excluding hydrogens is 396 g/mol. The highest BCUT2D eigenvalue weighted by atomic mass is 32.1. The number of aromatic amines is 1. The van der Waals surface area contributed by atoms with Crippen LogP contribution in [0.3, 0.4) is 0 Å². The fourth-order valence-electron chi connectivity index (χ4n) is 3.27. The Labute approximate surface area is 179 Å². The number of methoxy groups -OCH3 is 1. The van der Waals surface area contributed by atoms with Gasteiger partial charge in [0.05, 0.1) is 13.3 Å². The number of hydrogen-bond donors (Lipinski definition) is 1. The predicted octanol–water partition coefficient (Wildman–Crippen LogP) is 5.18. The first-order valence-electron chi connectivity index (χ1n) is 9.52. The minimum absolute atomic E-state index is 0.258. The highest BCUT2D eigenvalue weighted by Crippen LogP contribution is 2.23. The maximum atomic E-state index is 6.00. The van der Waals surface area contributed by atoms with Gasteiger partial charge in [-0.15, -0.1) is 0 Å². The van der Waals surface area contributed by atoms with Crippen LogP contribution in [0.4, 0.5) is 0 Å². The molecule has 0 atom stereocenters. The second-order valence-electron chi connectivity index (χ2n) is 6.98. The summed E-state index contributed by atoms with van der Waals surface area (Å²) in [7, 11) is 1.67. The van der Waals surface area contributed by atoms with E-state index in [9.17, 15) is 0 Å². The van der Waals surface area contributed by atoms with E-state index in [0.717, 1.165) is 39.0 Å². The van der Waals surface area contributed by atoms with E-state index >= 15 is 0 Å². The van der Waals surface area contributed by atoms with Crippen LogP contribution in [0.25, 0.3) is 10.8 Å². The number of para-hydroxylation sites is 1. The van der Waals surface area contributed by atoms with Crippen molar-refractivity contribution in [3.63, 3.8) is 0 Å². The first kappa shape index (κ1) is 19.8. The number of hydrogen-bond acceptors (Lipinski definition) is 5. The highest BCUT2D eigenvalue weighted by Gasteiger charge is 2.09. The number of ether oxygens (including phenoxy) is 2. The summed E-state index contributed by atoms with van der Waals surface area (Å²) in [5, 5.41) is 13.8. The molecule has 1 aromatic heterocycles. The van der Waals surface area contributed by atoms with Crippen LogP contribution in [0.2, 0.25) is 0 Å². The SMILES string of the molecule is COc1ccc2cc(/C=N\n3c(COc4c(C)cccc4C)n[nH]c3=S)ccc2c1. The molecule has 0 unspecified atom stereocenters. The Balaban J connectivity index is 1.56. The van der Waals surface area contributed by atoms with Gasteiger partial charge in [0.15, 0.2) is 5.82 Å². The van der Waals surface area contributed by atoms with Gasteiger partial charge in [0.2, 0.25) is 4.77 Å². The number of aryl methyl sites for hydroxylation is 2. The van der Waals surface area contributed by atoms with E-state index in [1.807, 2.05) is 62.4 Å². The van der Waals surface area contributed by atoms with E-state index in [0.29, 0.717) is 10.6 Å². The monoisotopic (exact) mass is 418 g/mol. The Bertz CT molecular complexity index is 1270. The van der Waals surface area contributed by atoms with E-state index in [2.05, 4.69) is 21.4 Å². The van der Waals surface area contributed by atoms with Gasteiger partial charge in [-0.1, -0.05) is 36.4 Å². The maximum absolute atomic E-state index is 6.00. The molecule has 4 rings (SSSR count). The first-order chi connectivity index (χ1) is 14.5. The van der Waals surface area contributed by atoms with Gasteiger partial charge in [-0.3, -0.25) is 0 Å². The molecule has 0 amide bonds. The van der Waals surface area contributed by atoms with Gasteiger partial charge in [-0.25, -0.2) is 5.10 Å². The van der Waals surface area contributed by atoms with Gasteiger partial charge in [0.1, 0.15) is 18.1 Å². The summed E-state index contributed by atoms with van der Waals surface area (Å²) in [6, 6.07) is 18.1. The summed E-state index contributed by atoms with van der Waals surface area (Å²) in [6.07, 6.45) is 1.76. The maximum Gasteiger partial charge on any atom is 0.216 e. The molecule has 1 heterocycles. The first-order valence-corrected chi connectivity index (χ1v) is 9.93. The molecule has 152 valence electrons. The lowest BCUT2D eigenvalue weighted by Gasteiger charge is -2.11. The Kier molecular flexibility index (Phi) is 5.63. The zero-order chi connectivity index (χ0) is 21.1. The third-order valence-corrected chi connectivity index (χ3v) is 5.13. The van der Waals surface area contributed by atoms with E-state index in [-0.39, 0.29) is 6.61 Å². The van der Waals surface area contributed by atoms with Crippen molar-refractivity contribution in [2.75, 3.05) is 7.11 Å². The molecule has 6 nitrogen and oxygen atoms in total. The molecule has 0 aliphatic carbocycles. The minimum atomic E-state index is 0.258. The summed E-state index contributed by atoms with van der Waals surface area (Å²) >= 11 is 5.34. The predicted molar refractivity (Wildman–Crippen MR) is 121 cm³/mol. The largest absolute Gasteiger partial charge is 0.497 e. The van der Waals surface area contributed by atoms with E-state index in [1.54, 1.807) is 18.0 Å². The zero-order valence-electron chi connectivity index (χ0n) is 17.0. The summed E-state index contributed by atoms with van der Waals surface area (Å²) in [5.41, 5.74) is 3.11. The number of aromatic nitrogens is 3. The van der Waals surface area contributed by atoms with Crippen LogP contribution in [0.1, 0.15) is 22.5 Å². The third kappa shape index (κ3) is 4.11. The van der Waals surface area contributed by atoms with Crippen molar-refractivity contribution in [1.82, 2.24) is 14.9 Å². The van der Waals surface area contributed by atoms with Crippen LogP contribution in [0.5, 0.6) is 11.5 Å². The molecule has 30 heavy (non-hydrogen) atoms. The average molecular weight is 419 g/mol. The summed E-state index contributed by atoms with van der Waals surface area (Å²) in [6.45, 7) is 4.30. The van der Waals surface area contributed by atoms with Crippen LogP contribution in [0.15, 0.2) is 59.7 Å². The number of fused-ring (bicyclic) bond motifs is 1. The Hall–Kier alpha value is -3.45. The van der Waals surface area contributed by atoms with Crippen molar-refractivity contribution in [2.45, 2.75) is 20.5 Å². The van der Waals surface area contributed by atoms with Crippen molar-refractivity contribution in [3.05, 3.63) is 81.9 Å². The van der Waals surface area contributed by atoms with Gasteiger partial charge >= 0.3 is 0 Å². The Morgan fingerprint density at radius 1 is 1.07 bits per heavy atom. The minimum Gasteiger partial charge on any atom is -0.497 e. The van der Waals surface area contributed by atoms with Gasteiger partial charge < -0.3 is 9.47 Å². The molecule has 0 saturated heterocycles. The normalized spacial score (nSPS) is 11.3. The standard InChI is InChI=1S/C23H22N4O2S/c1-15-5-4-6-16(2)22(15)29-14-21-25-26-23(30)27(21)24-13-17-7-8-19-12-20(28-3)10-9-18(19)11-17/h4-13H,14H2,1-3H3,(H,26,30)/b24-13-. The van der Waals surface area contributed by atoms with Crippen molar-refractivity contribution >= 4 is 29.2 Å². The average Bonchev–Trinajstić information content (AvgIpc) is 3.10. The van der Waals surface area contributed by atoms with E-state index in [4.69, 9.17) is 21.7 Å². The number of rotatable bonds is 6. The fourth-order valence-corrected chi connectivity index (χ4v) is 3.47. The summed E-state index contributed by atoms with van der Waals surface area (Å²) in [4.78, 5) is 0. The molecule has 0 fully saturated rings. The molecular formula is C23H22N4O2S. The lowest BCUT2D eigenvalue weighted by atomic mass is 10.1. The molecule has 4 aromatic rings. The van der Waals surface area contributed by atoms with Crippen LogP contribution >= 0.6 is 12.2 Å². The summed E-state index contributed by atoms with van der Waals surface area (Å²) < 4.78 is 13.3. The smallest absolute Gasteiger partial charge is 0.216 e. The van der Waals surface area contributed by atoms with E-state index in [1.165, 1.54) is 0 Å². The number of nitrogens with one attached hydrogen (secondary N) is 1.